The van der Waals surface area contributed by atoms with Gasteiger partial charge in [0.15, 0.2) is 15.6 Å². The third-order valence-corrected chi connectivity index (χ3v) is 7.49. The summed E-state index contributed by atoms with van der Waals surface area (Å²) in [6, 6.07) is 1.73. The van der Waals surface area contributed by atoms with Crippen molar-refractivity contribution in [2.24, 2.45) is 5.92 Å². The molecule has 0 radical (unpaired) electrons. The number of rotatable bonds is 4. The van der Waals surface area contributed by atoms with Crippen LogP contribution in [0.15, 0.2) is 16.7 Å². The number of carbonyl (C=O) groups is 1. The number of furan rings is 1. The number of aryl methyl sites for hydroxylation is 1. The van der Waals surface area contributed by atoms with E-state index in [-0.39, 0.29) is 30.7 Å². The van der Waals surface area contributed by atoms with Gasteiger partial charge in [-0.1, -0.05) is 0 Å². The van der Waals surface area contributed by atoms with Crippen LogP contribution in [0, 0.1) is 12.8 Å². The predicted octanol–water partition coefficient (Wildman–Crippen LogP) is 1.25. The van der Waals surface area contributed by atoms with Gasteiger partial charge in [0.25, 0.3) is 5.91 Å². The summed E-state index contributed by atoms with van der Waals surface area (Å²) in [6.07, 6.45) is 2.09. The van der Waals surface area contributed by atoms with Crippen LogP contribution in [-0.4, -0.2) is 56.0 Å². The Balaban J connectivity index is 1.76. The second-order valence-electron chi connectivity index (χ2n) is 6.12. The molecule has 2 aliphatic rings. The van der Waals surface area contributed by atoms with Gasteiger partial charge in [-0.3, -0.25) is 4.79 Å². The molecule has 0 aromatic carbocycles. The molecule has 1 atom stereocenters. The molecule has 1 aromatic rings. The first-order chi connectivity index (χ1) is 10.4. The lowest BCUT2D eigenvalue weighted by atomic mass is 9.83. The van der Waals surface area contributed by atoms with Crippen LogP contribution in [0.3, 0.4) is 0 Å². The highest BCUT2D eigenvalue weighted by molar-refractivity contribution is 7.93. The Morgan fingerprint density at radius 3 is 2.82 bits per heavy atom. The molecule has 3 rings (SSSR count). The number of ether oxygens (including phenoxy) is 1. The normalized spacial score (nSPS) is 25.4. The van der Waals surface area contributed by atoms with Crippen LogP contribution in [-0.2, 0) is 14.6 Å². The molecule has 1 amide bonds. The zero-order valence-electron chi connectivity index (χ0n) is 12.9. The van der Waals surface area contributed by atoms with E-state index in [1.54, 1.807) is 17.9 Å². The molecule has 1 unspecified atom stereocenters. The summed E-state index contributed by atoms with van der Waals surface area (Å²) in [6.45, 7) is 5.19. The predicted molar refractivity (Wildman–Crippen MR) is 80.5 cm³/mol. The fraction of sp³-hybridized carbons (Fsp3) is 0.667. The molecule has 2 fully saturated rings. The van der Waals surface area contributed by atoms with Crippen molar-refractivity contribution in [3.8, 4) is 0 Å². The van der Waals surface area contributed by atoms with Crippen LogP contribution in [0.5, 0.6) is 0 Å². The minimum absolute atomic E-state index is 0.0285. The Kier molecular flexibility index (Phi) is 3.81. The number of hydrogen-bond donors (Lipinski definition) is 0. The van der Waals surface area contributed by atoms with Gasteiger partial charge in [0.05, 0.1) is 18.6 Å². The number of nitrogens with zero attached hydrogens (tertiary/aromatic N) is 1. The first-order valence-electron chi connectivity index (χ1n) is 7.54. The van der Waals surface area contributed by atoms with E-state index in [1.807, 2.05) is 6.92 Å². The molecule has 0 bridgehead atoms. The van der Waals surface area contributed by atoms with Crippen molar-refractivity contribution in [1.82, 2.24) is 4.90 Å². The standard InChI is InChI=1S/C15H21NO5S/c1-3-20-8-12-5-7-22(18,19)15(12)9-16(10-15)14(17)13-11(2)4-6-21-13/h4,6,12H,3,5,7-10H2,1-2H3. The zero-order chi connectivity index (χ0) is 16.0. The zero-order valence-corrected chi connectivity index (χ0v) is 13.7. The molecule has 122 valence electrons. The highest BCUT2D eigenvalue weighted by atomic mass is 32.2. The molecule has 3 heterocycles. The van der Waals surface area contributed by atoms with E-state index in [0.717, 1.165) is 5.56 Å². The van der Waals surface area contributed by atoms with E-state index in [1.165, 1.54) is 6.26 Å². The third-order valence-electron chi connectivity index (χ3n) is 4.88. The van der Waals surface area contributed by atoms with E-state index in [0.29, 0.717) is 25.4 Å². The van der Waals surface area contributed by atoms with Gasteiger partial charge in [-0.25, -0.2) is 8.42 Å². The fourth-order valence-corrected chi connectivity index (χ4v) is 5.85. The first-order valence-corrected chi connectivity index (χ1v) is 9.20. The Morgan fingerprint density at radius 1 is 1.50 bits per heavy atom. The average molecular weight is 327 g/mol. The van der Waals surface area contributed by atoms with Crippen molar-refractivity contribution in [3.05, 3.63) is 23.7 Å². The van der Waals surface area contributed by atoms with Crippen LogP contribution in [0.25, 0.3) is 0 Å². The smallest absolute Gasteiger partial charge is 0.289 e. The van der Waals surface area contributed by atoms with Crippen molar-refractivity contribution in [3.63, 3.8) is 0 Å². The van der Waals surface area contributed by atoms with E-state index in [9.17, 15) is 13.2 Å². The van der Waals surface area contributed by atoms with Gasteiger partial charge < -0.3 is 14.1 Å². The lowest BCUT2D eigenvalue weighted by Gasteiger charge is -2.49. The molecule has 6 nitrogen and oxygen atoms in total. The van der Waals surface area contributed by atoms with Crippen LogP contribution in [0.4, 0.5) is 0 Å². The summed E-state index contributed by atoms with van der Waals surface area (Å²) in [5, 5.41) is 0. The van der Waals surface area contributed by atoms with Gasteiger partial charge in [0.1, 0.15) is 4.75 Å². The Hall–Kier alpha value is -1.34. The van der Waals surface area contributed by atoms with E-state index < -0.39 is 14.6 Å². The summed E-state index contributed by atoms with van der Waals surface area (Å²) >= 11 is 0. The molecule has 0 aliphatic carbocycles. The molecular weight excluding hydrogens is 306 g/mol. The Labute approximate surface area is 130 Å². The second-order valence-corrected chi connectivity index (χ2v) is 8.57. The van der Waals surface area contributed by atoms with Crippen LogP contribution >= 0.6 is 0 Å². The summed E-state index contributed by atoms with van der Waals surface area (Å²) in [4.78, 5) is 13.9. The molecule has 2 saturated heterocycles. The molecule has 1 aromatic heterocycles. The molecule has 2 aliphatic heterocycles. The molecule has 7 heteroatoms. The lowest BCUT2D eigenvalue weighted by molar-refractivity contribution is 0.0250. The van der Waals surface area contributed by atoms with Crippen molar-refractivity contribution < 1.29 is 22.4 Å². The summed E-state index contributed by atoms with van der Waals surface area (Å²) < 4.78 is 34.7. The maximum Gasteiger partial charge on any atom is 0.289 e. The van der Waals surface area contributed by atoms with Gasteiger partial charge in [0.2, 0.25) is 0 Å². The third kappa shape index (κ3) is 2.18. The molecular formula is C15H21NO5S. The highest BCUT2D eigenvalue weighted by Gasteiger charge is 2.62. The van der Waals surface area contributed by atoms with Gasteiger partial charge in [-0.2, -0.15) is 0 Å². The molecule has 22 heavy (non-hydrogen) atoms. The maximum absolute atomic E-state index is 12.4. The van der Waals surface area contributed by atoms with Gasteiger partial charge in [-0.05, 0) is 26.3 Å². The summed E-state index contributed by atoms with van der Waals surface area (Å²) in [7, 11) is -3.18. The number of amides is 1. The quantitative estimate of drug-likeness (QED) is 0.832. The topological polar surface area (TPSA) is 76.8 Å². The van der Waals surface area contributed by atoms with Gasteiger partial charge in [-0.15, -0.1) is 0 Å². The van der Waals surface area contributed by atoms with Gasteiger partial charge in [0, 0.05) is 31.2 Å². The second kappa shape index (κ2) is 5.38. The lowest BCUT2D eigenvalue weighted by Crippen LogP contribution is -2.68. The number of sulfone groups is 1. The average Bonchev–Trinajstić information content (AvgIpc) is 2.95. The molecule has 1 spiro atoms. The van der Waals surface area contributed by atoms with E-state index >= 15 is 0 Å². The van der Waals surface area contributed by atoms with Gasteiger partial charge >= 0.3 is 0 Å². The van der Waals surface area contributed by atoms with Crippen molar-refractivity contribution >= 4 is 15.7 Å². The van der Waals surface area contributed by atoms with E-state index in [2.05, 4.69) is 0 Å². The van der Waals surface area contributed by atoms with E-state index in [4.69, 9.17) is 9.15 Å². The number of likely N-dealkylation sites (tertiary alicyclic amines) is 1. The number of carbonyl (C=O) groups excluding carboxylic acids is 1. The monoisotopic (exact) mass is 327 g/mol. The Bertz CT molecular complexity index is 672. The van der Waals surface area contributed by atoms with Crippen LogP contribution in [0.1, 0.15) is 29.5 Å². The fourth-order valence-electron chi connectivity index (χ4n) is 3.45. The molecule has 0 N–H and O–H groups in total. The summed E-state index contributed by atoms with van der Waals surface area (Å²) in [5.41, 5.74) is 0.770. The van der Waals surface area contributed by atoms with Crippen LogP contribution < -0.4 is 0 Å². The van der Waals surface area contributed by atoms with Crippen LogP contribution in [0.2, 0.25) is 0 Å². The Morgan fingerprint density at radius 2 is 2.23 bits per heavy atom. The first kappa shape index (κ1) is 15.6. The maximum atomic E-state index is 12.4. The molecule has 0 saturated carbocycles. The van der Waals surface area contributed by atoms with Crippen molar-refractivity contribution in [2.45, 2.75) is 25.0 Å². The number of hydrogen-bond acceptors (Lipinski definition) is 5. The van der Waals surface area contributed by atoms with Crippen molar-refractivity contribution in [1.29, 1.82) is 0 Å². The summed E-state index contributed by atoms with van der Waals surface area (Å²) in [5.74, 6) is 0.225. The largest absolute Gasteiger partial charge is 0.459 e. The minimum Gasteiger partial charge on any atom is -0.459 e. The highest BCUT2D eigenvalue weighted by Crippen LogP contribution is 2.45. The SMILES string of the molecule is CCOCC1CCS(=O)(=O)C12CN(C(=O)c1occc1C)C2. The van der Waals surface area contributed by atoms with Crippen molar-refractivity contribution in [2.75, 3.05) is 32.1 Å². The minimum atomic E-state index is -3.18.